The highest BCUT2D eigenvalue weighted by atomic mass is 31.2. The fourth-order valence-electron chi connectivity index (χ4n) is 14.2. The molecule has 0 rings (SSSR count). The number of esters is 4. The monoisotopic (exact) mass is 1610 g/mol. The van der Waals surface area contributed by atoms with Crippen LogP contribution in [0, 0.1) is 11.8 Å². The highest BCUT2D eigenvalue weighted by Gasteiger charge is 2.31. The van der Waals surface area contributed by atoms with Crippen molar-refractivity contribution < 1.29 is 80.2 Å². The Bertz CT molecular complexity index is 2100. The van der Waals surface area contributed by atoms with Gasteiger partial charge in [0.05, 0.1) is 26.4 Å². The molecule has 0 radical (unpaired) electrons. The maximum absolute atomic E-state index is 13.2. The molecule has 19 heteroatoms. The third-order valence-electron chi connectivity index (χ3n) is 22.2. The first-order valence-corrected chi connectivity index (χ1v) is 50.1. The molecule has 17 nitrogen and oxygen atoms in total. The van der Waals surface area contributed by atoms with Crippen LogP contribution in [0.25, 0.3) is 0 Å². The molecule has 0 aromatic carbocycles. The first kappa shape index (κ1) is 108. The molecule has 0 saturated carbocycles. The Balaban J connectivity index is 5.24. The number of carbonyl (C=O) groups is 4. The lowest BCUT2D eigenvalue weighted by Crippen LogP contribution is -2.30. The number of ether oxygens (including phenoxy) is 4. The van der Waals surface area contributed by atoms with Crippen LogP contribution in [0.3, 0.4) is 0 Å². The van der Waals surface area contributed by atoms with Gasteiger partial charge in [-0.2, -0.15) is 0 Å². The average molecular weight is 1610 g/mol. The molecule has 0 amide bonds. The molecule has 0 saturated heterocycles. The van der Waals surface area contributed by atoms with Crippen molar-refractivity contribution in [2.45, 2.75) is 509 Å². The quantitative estimate of drug-likeness (QED) is 0.0222. The summed E-state index contributed by atoms with van der Waals surface area (Å²) in [4.78, 5) is 73.4. The van der Waals surface area contributed by atoms with E-state index in [1.54, 1.807) is 0 Å². The van der Waals surface area contributed by atoms with Gasteiger partial charge in [-0.05, 0) is 37.5 Å². The molecule has 0 spiro atoms. The van der Waals surface area contributed by atoms with E-state index in [9.17, 15) is 43.2 Å². The Morgan fingerprint density at radius 3 is 0.645 bits per heavy atom. The van der Waals surface area contributed by atoms with Gasteiger partial charge < -0.3 is 33.8 Å². The van der Waals surface area contributed by atoms with Gasteiger partial charge in [0.2, 0.25) is 0 Å². The third-order valence-corrected chi connectivity index (χ3v) is 24.1. The number of carbonyl (C=O) groups excluding carboxylic acids is 4. The van der Waals surface area contributed by atoms with Crippen molar-refractivity contribution in [3.63, 3.8) is 0 Å². The largest absolute Gasteiger partial charge is 0.472 e. The van der Waals surface area contributed by atoms with Gasteiger partial charge in [-0.1, -0.05) is 440 Å². The Hall–Kier alpha value is -1.94. The number of phosphoric acid groups is 2. The fraction of sp³-hybridized carbons (Fsp3) is 0.956. The summed E-state index contributed by atoms with van der Waals surface area (Å²) < 4.78 is 69.1. The molecule has 0 aliphatic rings. The Kier molecular flexibility index (Phi) is 80.7. The fourth-order valence-corrected chi connectivity index (χ4v) is 15.8. The lowest BCUT2D eigenvalue weighted by molar-refractivity contribution is -0.161. The zero-order valence-corrected chi connectivity index (χ0v) is 74.4. The van der Waals surface area contributed by atoms with Gasteiger partial charge in [-0.15, -0.1) is 0 Å². The molecule has 110 heavy (non-hydrogen) atoms. The Labute approximate surface area is 677 Å². The summed E-state index contributed by atoms with van der Waals surface area (Å²) in [6.07, 6.45) is 76.3. The van der Waals surface area contributed by atoms with Gasteiger partial charge >= 0.3 is 39.5 Å². The van der Waals surface area contributed by atoms with Crippen LogP contribution in [-0.4, -0.2) is 96.7 Å². The molecule has 0 aliphatic heterocycles. The second-order valence-electron chi connectivity index (χ2n) is 33.2. The summed E-state index contributed by atoms with van der Waals surface area (Å²) >= 11 is 0. The molecule has 0 bridgehead atoms. The van der Waals surface area contributed by atoms with E-state index < -0.39 is 97.5 Å². The van der Waals surface area contributed by atoms with E-state index in [-0.39, 0.29) is 25.7 Å². The summed E-state index contributed by atoms with van der Waals surface area (Å²) in [5.74, 6) is -0.378. The summed E-state index contributed by atoms with van der Waals surface area (Å²) in [6.45, 7) is 9.82. The predicted molar refractivity (Wildman–Crippen MR) is 455 cm³/mol. The van der Waals surface area contributed by atoms with E-state index in [1.165, 1.54) is 308 Å². The van der Waals surface area contributed by atoms with Crippen LogP contribution < -0.4 is 0 Å². The Morgan fingerprint density at radius 2 is 0.436 bits per heavy atom. The average Bonchev–Trinajstić information content (AvgIpc) is 0.899. The van der Waals surface area contributed by atoms with E-state index >= 15 is 0 Å². The molecule has 0 heterocycles. The third kappa shape index (κ3) is 81.2. The highest BCUT2D eigenvalue weighted by molar-refractivity contribution is 7.47. The number of hydrogen-bond donors (Lipinski definition) is 3. The van der Waals surface area contributed by atoms with Crippen LogP contribution in [0.4, 0.5) is 0 Å². The predicted octanol–water partition coefficient (Wildman–Crippen LogP) is 28.2. The van der Waals surface area contributed by atoms with Crippen molar-refractivity contribution in [3.8, 4) is 0 Å². The van der Waals surface area contributed by atoms with Crippen molar-refractivity contribution in [3.05, 3.63) is 0 Å². The zero-order chi connectivity index (χ0) is 80.6. The SMILES string of the molecule is CCCCCCCCCCCCCCCCCCCCCC(=O)OC[C@H](COP(=O)(O)OC[C@@H](O)COP(=O)(O)OC[C@@H](COC(=O)CCCCCCCCCCCCC)OC(=O)CCCCCCCCCCCCCCCCC(C)CC)OC(=O)CCCCCCCCCCCCCCCCCCCCC(C)CC. The lowest BCUT2D eigenvalue weighted by atomic mass is 9.99. The zero-order valence-electron chi connectivity index (χ0n) is 72.6. The molecular formula is C91H178O17P2. The molecule has 0 aromatic rings. The van der Waals surface area contributed by atoms with Crippen molar-refractivity contribution >= 4 is 39.5 Å². The summed E-state index contributed by atoms with van der Waals surface area (Å²) in [5, 5.41) is 10.7. The number of phosphoric ester groups is 2. The second-order valence-corrected chi connectivity index (χ2v) is 36.1. The molecule has 0 aromatic heterocycles. The van der Waals surface area contributed by atoms with E-state index in [2.05, 4.69) is 41.5 Å². The molecular weight excluding hydrogens is 1430 g/mol. The minimum Gasteiger partial charge on any atom is -0.462 e. The minimum absolute atomic E-state index is 0.108. The first-order chi connectivity index (χ1) is 53.4. The summed E-state index contributed by atoms with van der Waals surface area (Å²) in [6, 6.07) is 0. The molecule has 654 valence electrons. The van der Waals surface area contributed by atoms with Gasteiger partial charge in [0.15, 0.2) is 12.2 Å². The van der Waals surface area contributed by atoms with Gasteiger partial charge in [0.25, 0.3) is 0 Å². The Morgan fingerprint density at radius 1 is 0.255 bits per heavy atom. The van der Waals surface area contributed by atoms with Crippen LogP contribution in [-0.2, 0) is 65.4 Å². The van der Waals surface area contributed by atoms with Crippen LogP contribution >= 0.6 is 15.6 Å². The number of rotatable bonds is 90. The van der Waals surface area contributed by atoms with E-state index in [4.69, 9.17) is 37.0 Å². The minimum atomic E-state index is -4.97. The first-order valence-electron chi connectivity index (χ1n) is 47.1. The number of aliphatic hydroxyl groups excluding tert-OH is 1. The topological polar surface area (TPSA) is 237 Å². The van der Waals surface area contributed by atoms with Crippen molar-refractivity contribution in [2.75, 3.05) is 39.6 Å². The van der Waals surface area contributed by atoms with Crippen molar-refractivity contribution in [1.82, 2.24) is 0 Å². The van der Waals surface area contributed by atoms with Crippen LogP contribution in [0.2, 0.25) is 0 Å². The van der Waals surface area contributed by atoms with Gasteiger partial charge in [0.1, 0.15) is 19.3 Å². The van der Waals surface area contributed by atoms with Crippen LogP contribution in [0.1, 0.15) is 491 Å². The van der Waals surface area contributed by atoms with E-state index in [0.29, 0.717) is 25.7 Å². The molecule has 3 N–H and O–H groups in total. The van der Waals surface area contributed by atoms with Gasteiger partial charge in [-0.25, -0.2) is 9.13 Å². The van der Waals surface area contributed by atoms with Crippen molar-refractivity contribution in [2.24, 2.45) is 11.8 Å². The van der Waals surface area contributed by atoms with Crippen LogP contribution in [0.15, 0.2) is 0 Å². The highest BCUT2D eigenvalue weighted by Crippen LogP contribution is 2.45. The lowest BCUT2D eigenvalue weighted by Gasteiger charge is -2.21. The van der Waals surface area contributed by atoms with Crippen molar-refractivity contribution in [1.29, 1.82) is 0 Å². The maximum atomic E-state index is 13.2. The van der Waals surface area contributed by atoms with Crippen LogP contribution in [0.5, 0.6) is 0 Å². The number of hydrogen-bond acceptors (Lipinski definition) is 15. The molecule has 4 unspecified atom stereocenters. The normalized spacial score (nSPS) is 14.2. The summed E-state index contributed by atoms with van der Waals surface area (Å²) in [7, 11) is -9.93. The molecule has 7 atom stereocenters. The van der Waals surface area contributed by atoms with E-state index in [1.807, 2.05) is 0 Å². The smallest absolute Gasteiger partial charge is 0.462 e. The summed E-state index contributed by atoms with van der Waals surface area (Å²) in [5.41, 5.74) is 0. The number of unbranched alkanes of at least 4 members (excludes halogenated alkanes) is 58. The molecule has 0 fully saturated rings. The second kappa shape index (κ2) is 82.2. The van der Waals surface area contributed by atoms with Gasteiger partial charge in [0, 0.05) is 25.7 Å². The van der Waals surface area contributed by atoms with Gasteiger partial charge in [-0.3, -0.25) is 37.3 Å². The van der Waals surface area contributed by atoms with E-state index in [0.717, 1.165) is 102 Å². The molecule has 0 aliphatic carbocycles. The standard InChI is InChI=1S/C91H178O17P2/c1-7-11-13-15-17-19-21-22-23-24-25-29-32-38-44-50-56-62-68-74-89(94)102-80-87(108-90(95)75-69-63-57-51-45-39-33-30-27-26-28-31-36-42-47-53-59-65-71-83(5)9-3)82-106-110(99,100)104-78-85(92)77-103-109(97,98)105-81-86(79-101-88(93)73-67-61-55-49-41-20-18-16-14-12-8-2)107-91(96)76-70-64-58-52-46-40-35-34-37-43-48-54-60-66-72-84(6)10-4/h83-87,92H,7-82H2,1-6H3,(H,97,98)(H,99,100)/t83?,84?,85-,86+,87+/m0/s1. The number of aliphatic hydroxyl groups is 1. The maximum Gasteiger partial charge on any atom is 0.472 e.